The van der Waals surface area contributed by atoms with E-state index in [4.69, 9.17) is 4.74 Å². The molecule has 1 aromatic rings. The van der Waals surface area contributed by atoms with Gasteiger partial charge in [-0.1, -0.05) is 20.8 Å². The standard InChI is InChI=1S/C12H21N3O3/c1-12(2,3)5-8(16)6-13-10-9(18-4)11(17)15-7-14-10/h7-8,16H,5-6H2,1-4H3,(H2,13,14,15,17). The van der Waals surface area contributed by atoms with Gasteiger partial charge in [0.15, 0.2) is 5.82 Å². The van der Waals surface area contributed by atoms with Crippen LogP contribution < -0.4 is 15.6 Å². The van der Waals surface area contributed by atoms with E-state index < -0.39 is 6.10 Å². The van der Waals surface area contributed by atoms with Crippen LogP contribution in [-0.4, -0.2) is 34.8 Å². The summed E-state index contributed by atoms with van der Waals surface area (Å²) in [5.41, 5.74) is -0.299. The molecule has 0 fully saturated rings. The molecule has 0 aliphatic rings. The second-order valence-corrected chi connectivity index (χ2v) is 5.41. The molecule has 0 saturated carbocycles. The maximum atomic E-state index is 11.4. The SMILES string of the molecule is COc1c(NCC(O)CC(C)(C)C)nc[nH]c1=O. The summed E-state index contributed by atoms with van der Waals surface area (Å²) in [4.78, 5) is 17.8. The average molecular weight is 255 g/mol. The molecular weight excluding hydrogens is 234 g/mol. The lowest BCUT2D eigenvalue weighted by Gasteiger charge is -2.22. The van der Waals surface area contributed by atoms with Gasteiger partial charge in [0.05, 0.1) is 19.5 Å². The molecule has 0 bridgehead atoms. The number of nitrogens with one attached hydrogen (secondary N) is 2. The molecule has 0 aliphatic carbocycles. The fourth-order valence-electron chi connectivity index (χ4n) is 1.70. The minimum Gasteiger partial charge on any atom is -0.489 e. The highest BCUT2D eigenvalue weighted by Gasteiger charge is 2.17. The van der Waals surface area contributed by atoms with Gasteiger partial charge in [-0.3, -0.25) is 4.79 Å². The Morgan fingerprint density at radius 2 is 2.22 bits per heavy atom. The fraction of sp³-hybridized carbons (Fsp3) is 0.667. The van der Waals surface area contributed by atoms with Crippen molar-refractivity contribution in [2.24, 2.45) is 5.41 Å². The Kier molecular flexibility index (Phi) is 4.72. The van der Waals surface area contributed by atoms with Crippen LogP contribution in [0, 0.1) is 5.41 Å². The Bertz CT molecular complexity index is 437. The zero-order chi connectivity index (χ0) is 13.8. The monoisotopic (exact) mass is 255 g/mol. The van der Waals surface area contributed by atoms with E-state index in [-0.39, 0.29) is 16.7 Å². The second kappa shape index (κ2) is 5.86. The Morgan fingerprint density at radius 1 is 1.56 bits per heavy atom. The van der Waals surface area contributed by atoms with Crippen molar-refractivity contribution in [3.05, 3.63) is 16.7 Å². The van der Waals surface area contributed by atoms with Crippen molar-refractivity contribution in [2.75, 3.05) is 19.0 Å². The number of aliphatic hydroxyl groups is 1. The highest BCUT2D eigenvalue weighted by molar-refractivity contribution is 5.47. The first kappa shape index (κ1) is 14.5. The maximum absolute atomic E-state index is 11.4. The van der Waals surface area contributed by atoms with Gasteiger partial charge in [0.2, 0.25) is 5.75 Å². The van der Waals surface area contributed by atoms with E-state index >= 15 is 0 Å². The number of hydrogen-bond donors (Lipinski definition) is 3. The second-order valence-electron chi connectivity index (χ2n) is 5.41. The van der Waals surface area contributed by atoms with E-state index in [0.717, 1.165) is 0 Å². The maximum Gasteiger partial charge on any atom is 0.295 e. The third kappa shape index (κ3) is 4.37. The molecule has 0 aromatic carbocycles. The lowest BCUT2D eigenvalue weighted by Crippen LogP contribution is -2.26. The van der Waals surface area contributed by atoms with E-state index in [2.05, 4.69) is 36.1 Å². The van der Waals surface area contributed by atoms with E-state index in [1.807, 2.05) is 0 Å². The quantitative estimate of drug-likeness (QED) is 0.730. The van der Waals surface area contributed by atoms with Crippen LogP contribution >= 0.6 is 0 Å². The number of aromatic amines is 1. The molecule has 0 radical (unpaired) electrons. The smallest absolute Gasteiger partial charge is 0.295 e. The lowest BCUT2D eigenvalue weighted by atomic mass is 9.89. The van der Waals surface area contributed by atoms with Gasteiger partial charge in [0.25, 0.3) is 5.56 Å². The predicted octanol–water partition coefficient (Wildman–Crippen LogP) is 0.987. The van der Waals surface area contributed by atoms with Crippen LogP contribution in [0.25, 0.3) is 0 Å². The van der Waals surface area contributed by atoms with E-state index in [0.29, 0.717) is 18.8 Å². The summed E-state index contributed by atoms with van der Waals surface area (Å²) in [6.07, 6.45) is 1.45. The van der Waals surface area contributed by atoms with Crippen molar-refractivity contribution in [3.8, 4) is 5.75 Å². The molecule has 0 amide bonds. The zero-order valence-corrected chi connectivity index (χ0v) is 11.3. The third-order valence-electron chi connectivity index (χ3n) is 2.37. The van der Waals surface area contributed by atoms with Crippen LogP contribution in [0.1, 0.15) is 27.2 Å². The van der Waals surface area contributed by atoms with Crippen LogP contribution in [0.4, 0.5) is 5.82 Å². The highest BCUT2D eigenvalue weighted by atomic mass is 16.5. The van der Waals surface area contributed by atoms with Gasteiger partial charge in [-0.05, 0) is 11.8 Å². The van der Waals surface area contributed by atoms with Gasteiger partial charge in [0, 0.05) is 6.54 Å². The van der Waals surface area contributed by atoms with Crippen molar-refractivity contribution >= 4 is 5.82 Å². The molecule has 1 heterocycles. The summed E-state index contributed by atoms with van der Waals surface area (Å²) in [6.45, 7) is 6.50. The number of ether oxygens (including phenoxy) is 1. The summed E-state index contributed by atoms with van der Waals surface area (Å²) < 4.78 is 4.96. The molecular formula is C12H21N3O3. The van der Waals surface area contributed by atoms with Gasteiger partial charge < -0.3 is 20.1 Å². The number of nitrogens with zero attached hydrogens (tertiary/aromatic N) is 1. The number of anilines is 1. The molecule has 1 aromatic heterocycles. The summed E-state index contributed by atoms with van der Waals surface area (Å²) >= 11 is 0. The molecule has 0 spiro atoms. The summed E-state index contributed by atoms with van der Waals surface area (Å²) in [5.74, 6) is 0.467. The number of methoxy groups -OCH3 is 1. The van der Waals surface area contributed by atoms with Crippen LogP contribution in [0.3, 0.4) is 0 Å². The predicted molar refractivity (Wildman–Crippen MR) is 70.0 cm³/mol. The van der Waals surface area contributed by atoms with Crippen molar-refractivity contribution in [1.29, 1.82) is 0 Å². The molecule has 0 aliphatic heterocycles. The van der Waals surface area contributed by atoms with Gasteiger partial charge in [0.1, 0.15) is 0 Å². The molecule has 1 rings (SSSR count). The summed E-state index contributed by atoms with van der Waals surface area (Å²) in [7, 11) is 1.41. The number of aromatic nitrogens is 2. The van der Waals surface area contributed by atoms with Gasteiger partial charge >= 0.3 is 0 Å². The zero-order valence-electron chi connectivity index (χ0n) is 11.3. The average Bonchev–Trinajstić information content (AvgIpc) is 2.24. The van der Waals surface area contributed by atoms with Crippen molar-refractivity contribution in [2.45, 2.75) is 33.3 Å². The van der Waals surface area contributed by atoms with Crippen LogP contribution in [0.15, 0.2) is 11.1 Å². The molecule has 3 N–H and O–H groups in total. The van der Waals surface area contributed by atoms with E-state index in [1.54, 1.807) is 0 Å². The lowest BCUT2D eigenvalue weighted by molar-refractivity contribution is 0.132. The minimum atomic E-state index is -0.504. The van der Waals surface area contributed by atoms with Gasteiger partial charge in [-0.25, -0.2) is 4.98 Å². The van der Waals surface area contributed by atoms with Crippen molar-refractivity contribution in [1.82, 2.24) is 9.97 Å². The highest BCUT2D eigenvalue weighted by Crippen LogP contribution is 2.21. The van der Waals surface area contributed by atoms with E-state index in [1.165, 1.54) is 13.4 Å². The molecule has 0 saturated heterocycles. The fourth-order valence-corrected chi connectivity index (χ4v) is 1.70. The Labute approximate surface area is 106 Å². The largest absolute Gasteiger partial charge is 0.489 e. The Hall–Kier alpha value is -1.56. The number of rotatable bonds is 5. The topological polar surface area (TPSA) is 87.2 Å². The van der Waals surface area contributed by atoms with E-state index in [9.17, 15) is 9.90 Å². The van der Waals surface area contributed by atoms with Crippen molar-refractivity contribution in [3.63, 3.8) is 0 Å². The molecule has 6 nitrogen and oxygen atoms in total. The molecule has 1 atom stereocenters. The number of aliphatic hydroxyl groups excluding tert-OH is 1. The first-order valence-electron chi connectivity index (χ1n) is 5.87. The van der Waals surface area contributed by atoms with Gasteiger partial charge in [-0.2, -0.15) is 0 Å². The molecule has 18 heavy (non-hydrogen) atoms. The first-order valence-corrected chi connectivity index (χ1v) is 5.87. The first-order chi connectivity index (χ1) is 8.33. The summed E-state index contributed by atoms with van der Waals surface area (Å²) in [6, 6.07) is 0. The normalized spacial score (nSPS) is 13.2. The molecule has 1 unspecified atom stereocenters. The minimum absolute atomic E-state index is 0.0484. The summed E-state index contributed by atoms with van der Waals surface area (Å²) in [5, 5.41) is 12.8. The third-order valence-corrected chi connectivity index (χ3v) is 2.37. The Morgan fingerprint density at radius 3 is 2.78 bits per heavy atom. The number of hydrogen-bond acceptors (Lipinski definition) is 5. The molecule has 102 valence electrons. The Balaban J connectivity index is 2.64. The van der Waals surface area contributed by atoms with Gasteiger partial charge in [-0.15, -0.1) is 0 Å². The van der Waals surface area contributed by atoms with Crippen LogP contribution in [-0.2, 0) is 0 Å². The molecule has 6 heteroatoms. The number of H-pyrrole nitrogens is 1. The van der Waals surface area contributed by atoms with Crippen molar-refractivity contribution < 1.29 is 9.84 Å². The van der Waals surface area contributed by atoms with Crippen LogP contribution in [0.2, 0.25) is 0 Å². The van der Waals surface area contributed by atoms with Crippen LogP contribution in [0.5, 0.6) is 5.75 Å².